The molecule has 29 heavy (non-hydrogen) atoms. The van der Waals surface area contributed by atoms with Crippen molar-refractivity contribution in [2.75, 3.05) is 7.11 Å². The van der Waals surface area contributed by atoms with Gasteiger partial charge in [0.25, 0.3) is 0 Å². The first-order valence-electron chi connectivity index (χ1n) is 9.20. The molecule has 0 saturated carbocycles. The third kappa shape index (κ3) is 6.22. The van der Waals surface area contributed by atoms with Gasteiger partial charge in [-0.2, -0.15) is 0 Å². The molecule has 4 nitrogen and oxygen atoms in total. The summed E-state index contributed by atoms with van der Waals surface area (Å²) in [7, 11) is 1.60. The predicted molar refractivity (Wildman–Crippen MR) is 119 cm³/mol. The summed E-state index contributed by atoms with van der Waals surface area (Å²) in [6.07, 6.45) is 3.24. The average molecular weight is 452 g/mol. The van der Waals surface area contributed by atoms with Crippen molar-refractivity contribution in [2.45, 2.75) is 13.2 Å². The SMILES string of the molecule is COc1cccc(/C=C/C(=O)NCc2ccccc2)c1OCc1ccc(Br)cc1. The Morgan fingerprint density at radius 1 is 0.966 bits per heavy atom. The summed E-state index contributed by atoms with van der Waals surface area (Å²) in [6, 6.07) is 23.3. The molecule has 1 N–H and O–H groups in total. The number of benzene rings is 3. The smallest absolute Gasteiger partial charge is 0.244 e. The number of methoxy groups -OCH3 is 1. The van der Waals surface area contributed by atoms with Gasteiger partial charge in [-0.25, -0.2) is 0 Å². The van der Waals surface area contributed by atoms with E-state index in [2.05, 4.69) is 21.2 Å². The molecule has 0 aromatic heterocycles. The van der Waals surface area contributed by atoms with E-state index in [1.54, 1.807) is 13.2 Å². The fourth-order valence-electron chi connectivity index (χ4n) is 2.72. The Morgan fingerprint density at radius 3 is 2.45 bits per heavy atom. The molecule has 0 fully saturated rings. The standard InChI is InChI=1S/C24H22BrNO3/c1-28-22-9-5-8-20(24(22)29-17-19-10-13-21(25)14-11-19)12-15-23(27)26-16-18-6-3-2-4-7-18/h2-15H,16-17H2,1H3,(H,26,27)/b15-12+. The van der Waals surface area contributed by atoms with E-state index in [0.717, 1.165) is 21.2 Å². The molecule has 3 aromatic carbocycles. The molecule has 0 aliphatic carbocycles. The highest BCUT2D eigenvalue weighted by Crippen LogP contribution is 2.32. The van der Waals surface area contributed by atoms with Crippen molar-refractivity contribution in [1.82, 2.24) is 5.32 Å². The summed E-state index contributed by atoms with van der Waals surface area (Å²) >= 11 is 3.43. The summed E-state index contributed by atoms with van der Waals surface area (Å²) in [5.74, 6) is 1.05. The Bertz CT molecular complexity index is 969. The lowest BCUT2D eigenvalue weighted by Crippen LogP contribution is -2.20. The maximum absolute atomic E-state index is 12.2. The summed E-state index contributed by atoms with van der Waals surface area (Å²) < 4.78 is 12.5. The highest BCUT2D eigenvalue weighted by atomic mass is 79.9. The highest BCUT2D eigenvalue weighted by Gasteiger charge is 2.09. The van der Waals surface area contributed by atoms with Crippen molar-refractivity contribution in [1.29, 1.82) is 0 Å². The molecule has 0 heterocycles. The first-order valence-corrected chi connectivity index (χ1v) is 9.99. The van der Waals surface area contributed by atoms with E-state index in [-0.39, 0.29) is 5.91 Å². The highest BCUT2D eigenvalue weighted by molar-refractivity contribution is 9.10. The minimum atomic E-state index is -0.171. The first-order chi connectivity index (χ1) is 14.2. The maximum atomic E-state index is 12.2. The second-order valence-electron chi connectivity index (χ2n) is 6.33. The predicted octanol–water partition coefficient (Wildman–Crippen LogP) is 5.37. The van der Waals surface area contributed by atoms with Crippen LogP contribution < -0.4 is 14.8 Å². The Hall–Kier alpha value is -3.05. The topological polar surface area (TPSA) is 47.6 Å². The lowest BCUT2D eigenvalue weighted by atomic mass is 10.1. The third-order valence-corrected chi connectivity index (χ3v) is 4.78. The molecule has 0 saturated heterocycles. The number of hydrogen-bond acceptors (Lipinski definition) is 3. The number of halogens is 1. The number of para-hydroxylation sites is 1. The van der Waals surface area contributed by atoms with Gasteiger partial charge in [0.1, 0.15) is 6.61 Å². The van der Waals surface area contributed by atoms with Crippen molar-refractivity contribution >= 4 is 27.9 Å². The van der Waals surface area contributed by atoms with Crippen molar-refractivity contribution in [3.8, 4) is 11.5 Å². The van der Waals surface area contributed by atoms with Gasteiger partial charge in [-0.1, -0.05) is 70.5 Å². The summed E-state index contributed by atoms with van der Waals surface area (Å²) in [4.78, 5) is 12.2. The number of nitrogens with one attached hydrogen (secondary N) is 1. The van der Waals surface area contributed by atoms with Crippen molar-refractivity contribution in [3.05, 3.63) is 100 Å². The molecule has 0 atom stereocenters. The lowest BCUT2D eigenvalue weighted by Gasteiger charge is -2.13. The van der Waals surface area contributed by atoms with Gasteiger partial charge in [0.15, 0.2) is 11.5 Å². The van der Waals surface area contributed by atoms with E-state index >= 15 is 0 Å². The number of amides is 1. The molecule has 0 unspecified atom stereocenters. The van der Waals surface area contributed by atoms with Crippen molar-refractivity contribution < 1.29 is 14.3 Å². The summed E-state index contributed by atoms with van der Waals surface area (Å²) in [6.45, 7) is 0.879. The number of carbonyl (C=O) groups excluding carboxylic acids is 1. The second-order valence-corrected chi connectivity index (χ2v) is 7.25. The minimum Gasteiger partial charge on any atom is -0.493 e. The first kappa shape index (κ1) is 20.7. The maximum Gasteiger partial charge on any atom is 0.244 e. The van der Waals surface area contributed by atoms with Crippen LogP contribution in [0.15, 0.2) is 83.3 Å². The zero-order valence-corrected chi connectivity index (χ0v) is 17.7. The van der Waals surface area contributed by atoms with Crippen LogP contribution in [0.3, 0.4) is 0 Å². The zero-order chi connectivity index (χ0) is 20.5. The van der Waals surface area contributed by atoms with Crippen LogP contribution in [0.5, 0.6) is 11.5 Å². The lowest BCUT2D eigenvalue weighted by molar-refractivity contribution is -0.116. The molecule has 3 aromatic rings. The fourth-order valence-corrected chi connectivity index (χ4v) is 2.99. The summed E-state index contributed by atoms with van der Waals surface area (Å²) in [5, 5.41) is 2.88. The minimum absolute atomic E-state index is 0.171. The van der Waals surface area contributed by atoms with Gasteiger partial charge in [-0.3, -0.25) is 4.79 Å². The van der Waals surface area contributed by atoms with Crippen LogP contribution in [-0.4, -0.2) is 13.0 Å². The molecular formula is C24H22BrNO3. The van der Waals surface area contributed by atoms with E-state index < -0.39 is 0 Å². The molecule has 3 rings (SSSR count). The Balaban J connectivity index is 1.68. The molecule has 5 heteroatoms. The number of ether oxygens (including phenoxy) is 2. The molecule has 0 aliphatic rings. The van der Waals surface area contributed by atoms with Gasteiger partial charge < -0.3 is 14.8 Å². The van der Waals surface area contributed by atoms with Crippen LogP contribution in [0.4, 0.5) is 0 Å². The Morgan fingerprint density at radius 2 is 1.72 bits per heavy atom. The normalized spacial score (nSPS) is 10.7. The molecule has 1 amide bonds. The van der Waals surface area contributed by atoms with E-state index in [1.165, 1.54) is 6.08 Å². The second kappa shape index (κ2) is 10.5. The van der Waals surface area contributed by atoms with Gasteiger partial charge >= 0.3 is 0 Å². The van der Waals surface area contributed by atoms with Crippen LogP contribution in [0, 0.1) is 0 Å². The molecule has 0 radical (unpaired) electrons. The van der Waals surface area contributed by atoms with Crippen LogP contribution >= 0.6 is 15.9 Å². The van der Waals surface area contributed by atoms with E-state index in [4.69, 9.17) is 9.47 Å². The van der Waals surface area contributed by atoms with E-state index in [0.29, 0.717) is 24.7 Å². The monoisotopic (exact) mass is 451 g/mol. The molecule has 0 bridgehead atoms. The number of carbonyl (C=O) groups is 1. The van der Waals surface area contributed by atoms with Crippen molar-refractivity contribution in [2.24, 2.45) is 0 Å². The third-order valence-electron chi connectivity index (χ3n) is 4.25. The quantitative estimate of drug-likeness (QED) is 0.468. The van der Waals surface area contributed by atoms with Gasteiger partial charge in [0.05, 0.1) is 7.11 Å². The average Bonchev–Trinajstić information content (AvgIpc) is 2.76. The zero-order valence-electron chi connectivity index (χ0n) is 16.1. The molecule has 0 spiro atoms. The van der Waals surface area contributed by atoms with Crippen LogP contribution in [0.25, 0.3) is 6.08 Å². The molecular weight excluding hydrogens is 430 g/mol. The van der Waals surface area contributed by atoms with Gasteiger partial charge in [-0.05, 0) is 35.4 Å². The molecule has 148 valence electrons. The Kier molecular flexibility index (Phi) is 7.47. The summed E-state index contributed by atoms with van der Waals surface area (Å²) in [5.41, 5.74) is 2.86. The van der Waals surface area contributed by atoms with Crippen LogP contribution in [0.2, 0.25) is 0 Å². The fraction of sp³-hybridized carbons (Fsp3) is 0.125. The van der Waals surface area contributed by atoms with Crippen molar-refractivity contribution in [3.63, 3.8) is 0 Å². The van der Waals surface area contributed by atoms with Gasteiger partial charge in [-0.15, -0.1) is 0 Å². The Labute approximate surface area is 179 Å². The molecule has 0 aliphatic heterocycles. The largest absolute Gasteiger partial charge is 0.493 e. The van der Waals surface area contributed by atoms with Gasteiger partial charge in [0, 0.05) is 22.7 Å². The van der Waals surface area contributed by atoms with Gasteiger partial charge in [0.2, 0.25) is 5.91 Å². The van der Waals surface area contributed by atoms with Crippen LogP contribution in [-0.2, 0) is 17.9 Å². The number of rotatable bonds is 8. The van der Waals surface area contributed by atoms with E-state index in [9.17, 15) is 4.79 Å². The number of hydrogen-bond donors (Lipinski definition) is 1. The van der Waals surface area contributed by atoms with E-state index in [1.807, 2.05) is 72.8 Å². The van der Waals surface area contributed by atoms with Crippen LogP contribution in [0.1, 0.15) is 16.7 Å².